The molecule has 202 valence electrons. The van der Waals surface area contributed by atoms with Gasteiger partial charge in [-0.15, -0.1) is 0 Å². The molecule has 1 aliphatic rings. The molecule has 0 bridgehead atoms. The van der Waals surface area contributed by atoms with Crippen LogP contribution in [0, 0.1) is 18.8 Å². The Balaban J connectivity index is 1.75. The smallest absolute Gasteiger partial charge is 0.310 e. The lowest BCUT2D eigenvalue weighted by Crippen LogP contribution is -2.32. The van der Waals surface area contributed by atoms with Crippen LogP contribution in [-0.4, -0.2) is 40.5 Å². The molecule has 0 radical (unpaired) electrons. The molecule has 1 saturated carbocycles. The van der Waals surface area contributed by atoms with Crippen molar-refractivity contribution in [2.45, 2.75) is 78.9 Å². The van der Waals surface area contributed by atoms with E-state index >= 15 is 0 Å². The van der Waals surface area contributed by atoms with Crippen LogP contribution >= 0.6 is 0 Å². The fourth-order valence-electron chi connectivity index (χ4n) is 5.10. The lowest BCUT2D eigenvalue weighted by atomic mass is 9.92. The van der Waals surface area contributed by atoms with E-state index in [1.54, 1.807) is 7.11 Å². The Kier molecular flexibility index (Phi) is 7.77. The van der Waals surface area contributed by atoms with Gasteiger partial charge in [0.05, 0.1) is 29.9 Å². The number of aryl methyl sites for hydroxylation is 1. The summed E-state index contributed by atoms with van der Waals surface area (Å²) in [6.45, 7) is 13.2. The number of carbonyl (C=O) groups excluding carboxylic acids is 2. The third-order valence-electron chi connectivity index (χ3n) is 7.04. The number of nitrogens with zero attached hydrogens (tertiary/aromatic N) is 2. The predicted molar refractivity (Wildman–Crippen MR) is 148 cm³/mol. The van der Waals surface area contributed by atoms with E-state index in [1.165, 1.54) is 6.92 Å². The van der Waals surface area contributed by atoms with Gasteiger partial charge in [-0.3, -0.25) is 14.6 Å². The number of rotatable bonds is 7. The number of ketones is 1. The average Bonchev–Trinajstić information content (AvgIpc) is 3.28. The van der Waals surface area contributed by atoms with Crippen LogP contribution in [0.15, 0.2) is 36.4 Å². The number of pyridine rings is 2. The second kappa shape index (κ2) is 10.7. The second-order valence-electron chi connectivity index (χ2n) is 11.5. The molecule has 4 rings (SSSR count). The fraction of sp³-hybridized carbons (Fsp3) is 0.484. The minimum atomic E-state index is -0.623. The number of ether oxygens (including phenoxy) is 3. The molecule has 0 N–H and O–H groups in total. The van der Waals surface area contributed by atoms with Crippen LogP contribution in [0.3, 0.4) is 0 Å². The van der Waals surface area contributed by atoms with E-state index < -0.39 is 17.4 Å². The summed E-state index contributed by atoms with van der Waals surface area (Å²) in [4.78, 5) is 35.3. The molecule has 0 amide bonds. The monoisotopic (exact) mass is 518 g/mol. The molecule has 7 heteroatoms. The summed E-state index contributed by atoms with van der Waals surface area (Å²) >= 11 is 0. The van der Waals surface area contributed by atoms with Crippen molar-refractivity contribution in [2.75, 3.05) is 7.11 Å². The first-order chi connectivity index (χ1) is 17.9. The molecular formula is C31H38N2O5. The van der Waals surface area contributed by atoms with Crippen LogP contribution in [0.4, 0.5) is 0 Å². The minimum Gasteiger partial charge on any atom is -0.496 e. The number of carbonyl (C=O) groups is 2. The van der Waals surface area contributed by atoms with Crippen molar-refractivity contribution in [3.8, 4) is 22.9 Å². The summed E-state index contributed by atoms with van der Waals surface area (Å²) in [7, 11) is 1.64. The minimum absolute atomic E-state index is 0.0254. The highest BCUT2D eigenvalue weighted by molar-refractivity contribution is 5.91. The Morgan fingerprint density at radius 2 is 1.68 bits per heavy atom. The molecule has 0 spiro atoms. The highest BCUT2D eigenvalue weighted by Gasteiger charge is 2.44. The van der Waals surface area contributed by atoms with Gasteiger partial charge in [-0.05, 0) is 77.6 Å². The summed E-state index contributed by atoms with van der Waals surface area (Å²) in [6, 6.07) is 11.7. The van der Waals surface area contributed by atoms with Crippen molar-refractivity contribution in [1.29, 1.82) is 0 Å². The van der Waals surface area contributed by atoms with E-state index in [9.17, 15) is 9.59 Å². The fourth-order valence-corrected chi connectivity index (χ4v) is 5.10. The molecule has 2 aromatic heterocycles. The van der Waals surface area contributed by atoms with Gasteiger partial charge < -0.3 is 14.2 Å². The third kappa shape index (κ3) is 5.82. The van der Waals surface area contributed by atoms with Crippen molar-refractivity contribution >= 4 is 22.7 Å². The van der Waals surface area contributed by atoms with Gasteiger partial charge in [0.15, 0.2) is 0 Å². The quantitative estimate of drug-likeness (QED) is 0.333. The molecule has 0 saturated heterocycles. The maximum Gasteiger partial charge on any atom is 0.310 e. The first-order valence-corrected chi connectivity index (χ1v) is 13.2. The highest BCUT2D eigenvalue weighted by Crippen LogP contribution is 2.40. The maximum absolute atomic E-state index is 13.0. The summed E-state index contributed by atoms with van der Waals surface area (Å²) in [6.07, 6.45) is 0.542. The van der Waals surface area contributed by atoms with Gasteiger partial charge in [0.2, 0.25) is 0 Å². The lowest BCUT2D eigenvalue weighted by molar-refractivity contribution is -0.162. The van der Waals surface area contributed by atoms with Crippen LogP contribution in [0.2, 0.25) is 0 Å². The lowest BCUT2D eigenvalue weighted by Gasteiger charge is -2.24. The zero-order chi connectivity index (χ0) is 27.8. The summed E-state index contributed by atoms with van der Waals surface area (Å²) in [5, 5.41) is 0.840. The van der Waals surface area contributed by atoms with Gasteiger partial charge in [0.25, 0.3) is 0 Å². The van der Waals surface area contributed by atoms with Crippen molar-refractivity contribution < 1.29 is 23.8 Å². The zero-order valence-corrected chi connectivity index (χ0v) is 23.6. The van der Waals surface area contributed by atoms with Gasteiger partial charge in [-0.2, -0.15) is 0 Å². The molecule has 1 aromatic carbocycles. The summed E-state index contributed by atoms with van der Waals surface area (Å²) < 4.78 is 17.8. The van der Waals surface area contributed by atoms with Crippen molar-refractivity contribution in [2.24, 2.45) is 11.8 Å². The number of aromatic nitrogens is 2. The Labute approximate surface area is 224 Å². The zero-order valence-electron chi connectivity index (χ0n) is 23.6. The molecule has 2 heterocycles. The van der Waals surface area contributed by atoms with E-state index in [0.29, 0.717) is 24.3 Å². The Bertz CT molecular complexity index is 1360. The highest BCUT2D eigenvalue weighted by atomic mass is 16.6. The van der Waals surface area contributed by atoms with Gasteiger partial charge in [-0.1, -0.05) is 19.9 Å². The number of esters is 1. The molecular weight excluding hydrogens is 480 g/mol. The Morgan fingerprint density at radius 1 is 0.974 bits per heavy atom. The van der Waals surface area contributed by atoms with Crippen molar-refractivity contribution in [1.82, 2.24) is 9.97 Å². The van der Waals surface area contributed by atoms with E-state index in [1.807, 2.05) is 64.1 Å². The predicted octanol–water partition coefficient (Wildman–Crippen LogP) is 6.44. The van der Waals surface area contributed by atoms with E-state index in [2.05, 4.69) is 13.8 Å². The molecule has 38 heavy (non-hydrogen) atoms. The maximum atomic E-state index is 13.0. The summed E-state index contributed by atoms with van der Waals surface area (Å²) in [5.74, 6) is 0.315. The molecule has 3 atom stereocenters. The number of benzene rings is 1. The number of hydrogen-bond donors (Lipinski definition) is 0. The number of Topliss-reactive ketones (excluding diaryl/α,β-unsaturated/α-hetero) is 1. The number of hydrogen-bond acceptors (Lipinski definition) is 7. The molecule has 1 aliphatic carbocycles. The van der Waals surface area contributed by atoms with Gasteiger partial charge in [0, 0.05) is 28.6 Å². The van der Waals surface area contributed by atoms with Gasteiger partial charge in [-0.25, -0.2) is 4.98 Å². The van der Waals surface area contributed by atoms with E-state index in [0.717, 1.165) is 33.6 Å². The Morgan fingerprint density at radius 3 is 2.32 bits per heavy atom. The SMILES string of the molecule is COc1ccc2c(O[C@@H]3C[C@@H](C(C)=O)[C@H](C(=O)OC(C)(C)C)C3)cc(-c3cccc(C(C)C)n3)nc2c1C. The van der Waals surface area contributed by atoms with Crippen molar-refractivity contribution in [3.63, 3.8) is 0 Å². The second-order valence-corrected chi connectivity index (χ2v) is 11.5. The van der Waals surface area contributed by atoms with Crippen LogP contribution in [-0.2, 0) is 14.3 Å². The normalized spacial score (nSPS) is 19.6. The van der Waals surface area contributed by atoms with Crippen LogP contribution in [0.5, 0.6) is 11.5 Å². The van der Waals surface area contributed by atoms with Crippen LogP contribution in [0.1, 0.15) is 71.6 Å². The van der Waals surface area contributed by atoms with E-state index in [-0.39, 0.29) is 23.8 Å². The number of methoxy groups -OCH3 is 1. The first kappa shape index (κ1) is 27.6. The molecule has 0 aliphatic heterocycles. The Hall–Kier alpha value is -3.48. The molecule has 3 aromatic rings. The van der Waals surface area contributed by atoms with E-state index in [4.69, 9.17) is 24.2 Å². The topological polar surface area (TPSA) is 87.6 Å². The van der Waals surface area contributed by atoms with Gasteiger partial charge >= 0.3 is 5.97 Å². The standard InChI is InChI=1S/C31H38N2O5/c1-17(2)24-10-9-11-25(32-24)26-16-28(21-12-13-27(36-8)18(3)29(21)33-26)37-20-14-22(19(4)34)23(15-20)30(35)38-31(5,6)7/h9-13,16-17,20,22-23H,14-15H2,1-8H3/t20-,22+,23-/m1/s1. The summed E-state index contributed by atoms with van der Waals surface area (Å²) in [5.41, 5.74) is 3.46. The number of fused-ring (bicyclic) bond motifs is 1. The van der Waals surface area contributed by atoms with Crippen LogP contribution in [0.25, 0.3) is 22.3 Å². The average molecular weight is 519 g/mol. The van der Waals surface area contributed by atoms with Crippen molar-refractivity contribution in [3.05, 3.63) is 47.7 Å². The molecule has 7 nitrogen and oxygen atoms in total. The molecule has 1 fully saturated rings. The third-order valence-corrected chi connectivity index (χ3v) is 7.04. The first-order valence-electron chi connectivity index (χ1n) is 13.2. The largest absolute Gasteiger partial charge is 0.496 e. The molecule has 0 unspecified atom stereocenters. The van der Waals surface area contributed by atoms with Crippen LogP contribution < -0.4 is 9.47 Å². The van der Waals surface area contributed by atoms with Gasteiger partial charge in [0.1, 0.15) is 29.0 Å².